The van der Waals surface area contributed by atoms with Gasteiger partial charge in [0, 0.05) is 50.7 Å². The molecule has 0 aromatic rings. The lowest BCUT2D eigenvalue weighted by molar-refractivity contribution is -0.127. The van der Waals surface area contributed by atoms with Crippen LogP contribution in [-0.2, 0) is 4.79 Å². The Morgan fingerprint density at radius 2 is 2.32 bits per heavy atom. The van der Waals surface area contributed by atoms with Gasteiger partial charge >= 0.3 is 0 Å². The molecule has 1 fully saturated rings. The summed E-state index contributed by atoms with van der Waals surface area (Å²) in [4.78, 5) is 18.0. The molecule has 1 aliphatic heterocycles. The number of amides is 1. The molecular weight excluding hydrogens is 411 g/mol. The van der Waals surface area contributed by atoms with Crippen LogP contribution in [0.3, 0.4) is 0 Å². The molecule has 22 heavy (non-hydrogen) atoms. The largest absolute Gasteiger partial charge is 0.357 e. The Hall–Kier alpha value is -0.440. The minimum atomic E-state index is 0. The van der Waals surface area contributed by atoms with Gasteiger partial charge in [0.25, 0.3) is 0 Å². The third-order valence-corrected chi connectivity index (χ3v) is 4.11. The lowest BCUT2D eigenvalue weighted by atomic mass is 10.4. The average Bonchev–Trinajstić information content (AvgIpc) is 2.88. The molecule has 1 rings (SSSR count). The van der Waals surface area contributed by atoms with Crippen molar-refractivity contribution in [2.75, 3.05) is 44.2 Å². The highest BCUT2D eigenvalue weighted by Gasteiger charge is 2.18. The third kappa shape index (κ3) is 9.55. The Kier molecular flexibility index (Phi) is 13.9. The summed E-state index contributed by atoms with van der Waals surface area (Å²) in [5.74, 6) is 3.19. The van der Waals surface area contributed by atoms with Gasteiger partial charge in [0.05, 0.1) is 0 Å². The van der Waals surface area contributed by atoms with Crippen molar-refractivity contribution in [3.8, 4) is 0 Å². The molecule has 5 nitrogen and oxygen atoms in total. The maximum absolute atomic E-state index is 11.5. The number of hydrogen-bond acceptors (Lipinski definition) is 3. The van der Waals surface area contributed by atoms with Crippen molar-refractivity contribution in [1.29, 1.82) is 0 Å². The molecule has 0 bridgehead atoms. The minimum Gasteiger partial charge on any atom is -0.357 e. The second-order valence-corrected chi connectivity index (χ2v) is 6.04. The molecule has 0 aromatic carbocycles. The highest BCUT2D eigenvalue weighted by Crippen LogP contribution is 2.09. The molecule has 0 atom stereocenters. The van der Waals surface area contributed by atoms with Gasteiger partial charge in [-0.1, -0.05) is 6.08 Å². The second kappa shape index (κ2) is 14.2. The van der Waals surface area contributed by atoms with E-state index < -0.39 is 0 Å². The fraction of sp³-hybridized carbons (Fsp3) is 0.733. The Balaban J connectivity index is 0.00000441. The Bertz CT molecular complexity index is 352. The number of rotatable bonds is 10. The van der Waals surface area contributed by atoms with Crippen LogP contribution in [0.25, 0.3) is 0 Å². The van der Waals surface area contributed by atoms with Crippen LogP contribution in [0.5, 0.6) is 0 Å². The number of nitrogens with zero attached hydrogens (tertiary/aromatic N) is 2. The zero-order chi connectivity index (χ0) is 15.3. The summed E-state index contributed by atoms with van der Waals surface area (Å²) < 4.78 is 0. The molecule has 0 radical (unpaired) electrons. The maximum atomic E-state index is 11.5. The summed E-state index contributed by atoms with van der Waals surface area (Å²) in [5, 5.41) is 6.56. The van der Waals surface area contributed by atoms with E-state index in [4.69, 9.17) is 0 Å². The summed E-state index contributed by atoms with van der Waals surface area (Å²) >= 11 is 1.85. The number of aliphatic imine (C=N–C) groups is 1. The molecular formula is C15H29IN4OS. The van der Waals surface area contributed by atoms with Gasteiger partial charge in [-0.25, -0.2) is 0 Å². The first kappa shape index (κ1) is 21.6. The van der Waals surface area contributed by atoms with Gasteiger partial charge in [-0.3, -0.25) is 9.79 Å². The lowest BCUT2D eigenvalue weighted by Gasteiger charge is -2.15. The predicted molar refractivity (Wildman–Crippen MR) is 107 cm³/mol. The molecule has 1 saturated heterocycles. The monoisotopic (exact) mass is 440 g/mol. The minimum absolute atomic E-state index is 0. The highest BCUT2D eigenvalue weighted by molar-refractivity contribution is 14.0. The van der Waals surface area contributed by atoms with Gasteiger partial charge in [0.15, 0.2) is 5.96 Å². The quantitative estimate of drug-likeness (QED) is 0.180. The van der Waals surface area contributed by atoms with Gasteiger partial charge in [0.2, 0.25) is 5.91 Å². The fourth-order valence-corrected chi connectivity index (χ4v) is 2.72. The van der Waals surface area contributed by atoms with Crippen molar-refractivity contribution in [2.45, 2.75) is 26.2 Å². The van der Waals surface area contributed by atoms with Crippen molar-refractivity contribution in [2.24, 2.45) is 4.99 Å². The molecule has 1 aliphatic rings. The highest BCUT2D eigenvalue weighted by atomic mass is 127. The molecule has 0 aliphatic carbocycles. The van der Waals surface area contributed by atoms with Crippen LogP contribution < -0.4 is 10.6 Å². The van der Waals surface area contributed by atoms with Crippen LogP contribution in [-0.4, -0.2) is 61.0 Å². The number of likely N-dealkylation sites (tertiary alicyclic amines) is 1. The smallest absolute Gasteiger partial charge is 0.222 e. The third-order valence-electron chi connectivity index (χ3n) is 3.15. The first-order valence-electron chi connectivity index (χ1n) is 7.76. The van der Waals surface area contributed by atoms with Crippen molar-refractivity contribution >= 4 is 47.6 Å². The van der Waals surface area contributed by atoms with Crippen molar-refractivity contribution in [1.82, 2.24) is 15.5 Å². The van der Waals surface area contributed by atoms with E-state index in [1.807, 2.05) is 22.7 Å². The van der Waals surface area contributed by atoms with Gasteiger partial charge < -0.3 is 15.5 Å². The number of halogens is 1. The molecule has 0 unspecified atom stereocenters. The molecule has 0 saturated carbocycles. The first-order valence-corrected chi connectivity index (χ1v) is 8.92. The number of nitrogens with one attached hydrogen (secondary N) is 2. The lowest BCUT2D eigenvalue weighted by Crippen LogP contribution is -2.38. The number of hydrogen-bond donors (Lipinski definition) is 2. The fourth-order valence-electron chi connectivity index (χ4n) is 2.14. The summed E-state index contributed by atoms with van der Waals surface area (Å²) in [7, 11) is 0. The maximum Gasteiger partial charge on any atom is 0.222 e. The van der Waals surface area contributed by atoms with E-state index in [0.29, 0.717) is 5.91 Å². The van der Waals surface area contributed by atoms with E-state index in [1.165, 1.54) is 0 Å². The molecule has 1 heterocycles. The van der Waals surface area contributed by atoms with Crippen LogP contribution in [0.4, 0.5) is 0 Å². The molecule has 0 aromatic heterocycles. The zero-order valence-corrected chi connectivity index (χ0v) is 16.6. The molecule has 0 spiro atoms. The van der Waals surface area contributed by atoms with Crippen molar-refractivity contribution in [3.05, 3.63) is 12.7 Å². The van der Waals surface area contributed by atoms with Crippen LogP contribution in [0.15, 0.2) is 17.6 Å². The number of carbonyl (C=O) groups is 1. The van der Waals surface area contributed by atoms with E-state index in [-0.39, 0.29) is 24.0 Å². The standard InChI is InChI=1S/C15H28N4OS.HI/c1-3-12-21-13-9-18-15(16-4-2)17-8-6-11-19-10-5-7-14(19)20;/h3H,1,4-13H2,2H3,(H2,16,17,18);1H. The van der Waals surface area contributed by atoms with Crippen LogP contribution in [0.2, 0.25) is 0 Å². The van der Waals surface area contributed by atoms with Crippen molar-refractivity contribution < 1.29 is 4.79 Å². The summed E-state index contributed by atoms with van der Waals surface area (Å²) in [6.45, 7) is 10.0. The second-order valence-electron chi connectivity index (χ2n) is 4.89. The molecule has 1 amide bonds. The number of carbonyl (C=O) groups excluding carboxylic acids is 1. The van der Waals surface area contributed by atoms with Crippen LogP contribution >= 0.6 is 35.7 Å². The van der Waals surface area contributed by atoms with Gasteiger partial charge in [-0.2, -0.15) is 11.8 Å². The zero-order valence-electron chi connectivity index (χ0n) is 13.5. The summed E-state index contributed by atoms with van der Waals surface area (Å²) in [6.07, 6.45) is 4.57. The average molecular weight is 440 g/mol. The predicted octanol–water partition coefficient (Wildman–Crippen LogP) is 2.09. The van der Waals surface area contributed by atoms with Crippen molar-refractivity contribution in [3.63, 3.8) is 0 Å². The normalized spacial score (nSPS) is 14.7. The SMILES string of the molecule is C=CCSCCNC(=NCCCN1CCCC1=O)NCC.I. The van der Waals surface area contributed by atoms with E-state index in [1.54, 1.807) is 0 Å². The van der Waals surface area contributed by atoms with E-state index in [0.717, 1.165) is 69.5 Å². The van der Waals surface area contributed by atoms with E-state index in [2.05, 4.69) is 29.1 Å². The molecule has 2 N–H and O–H groups in total. The molecule has 7 heteroatoms. The van der Waals surface area contributed by atoms with Crippen LogP contribution in [0, 0.1) is 0 Å². The first-order chi connectivity index (χ1) is 10.3. The van der Waals surface area contributed by atoms with E-state index >= 15 is 0 Å². The van der Waals surface area contributed by atoms with E-state index in [9.17, 15) is 4.79 Å². The van der Waals surface area contributed by atoms with Gasteiger partial charge in [0.1, 0.15) is 0 Å². The Morgan fingerprint density at radius 3 is 2.95 bits per heavy atom. The van der Waals surface area contributed by atoms with Gasteiger partial charge in [-0.05, 0) is 19.8 Å². The van der Waals surface area contributed by atoms with Crippen LogP contribution in [0.1, 0.15) is 26.2 Å². The number of guanidine groups is 1. The summed E-state index contributed by atoms with van der Waals surface area (Å²) in [5.41, 5.74) is 0. The Morgan fingerprint density at radius 1 is 1.50 bits per heavy atom. The topological polar surface area (TPSA) is 56.7 Å². The Labute approximate surface area is 155 Å². The number of thioether (sulfide) groups is 1. The van der Waals surface area contributed by atoms with Gasteiger partial charge in [-0.15, -0.1) is 30.6 Å². The molecule has 128 valence electrons. The summed E-state index contributed by atoms with van der Waals surface area (Å²) in [6, 6.07) is 0.